The van der Waals surface area contributed by atoms with E-state index in [1.54, 1.807) is 0 Å². The minimum Gasteiger partial charge on any atom is -0.453 e. The van der Waals surface area contributed by atoms with Gasteiger partial charge >= 0.3 is 6.08 Å². The quantitative estimate of drug-likeness (QED) is 0.752. The molecule has 0 spiro atoms. The van der Waals surface area contributed by atoms with E-state index in [1.807, 2.05) is 18.2 Å². The first-order valence-corrected chi connectivity index (χ1v) is 3.97. The first kappa shape index (κ1) is 8.07. The van der Waals surface area contributed by atoms with Gasteiger partial charge in [0.1, 0.15) is 5.52 Å². The highest BCUT2D eigenvalue weighted by atomic mass is 16.6. The molecule has 0 saturated carbocycles. The summed E-state index contributed by atoms with van der Waals surface area (Å²) in [5, 5.41) is 0. The zero-order valence-electron chi connectivity index (χ0n) is 7.28. The monoisotopic (exact) mass is 178 g/mol. The molecular weight excluding hydrogens is 168 g/mol. The van der Waals surface area contributed by atoms with Gasteiger partial charge < -0.3 is 14.9 Å². The van der Waals surface area contributed by atoms with Gasteiger partial charge in [0.25, 0.3) is 0 Å². The lowest BCUT2D eigenvalue weighted by Gasteiger charge is -1.94. The topological polar surface area (TPSA) is 61.3 Å². The van der Waals surface area contributed by atoms with Gasteiger partial charge in [-0.1, -0.05) is 12.1 Å². The Hall–Kier alpha value is -1.55. The van der Waals surface area contributed by atoms with Crippen LogP contribution in [0.2, 0.25) is 0 Å². The number of aromatic nitrogens is 1. The smallest absolute Gasteiger partial charge is 0.394 e. The Balaban J connectivity index is 2.67. The number of oxazole rings is 1. The molecule has 0 unspecified atom stereocenters. The van der Waals surface area contributed by atoms with Crippen LogP contribution in [0.15, 0.2) is 22.6 Å². The van der Waals surface area contributed by atoms with E-state index in [4.69, 9.17) is 14.9 Å². The Labute approximate surface area is 75.3 Å². The highest BCUT2D eigenvalue weighted by Gasteiger charge is 2.07. The summed E-state index contributed by atoms with van der Waals surface area (Å²) in [5.41, 5.74) is 7.96. The minimum absolute atomic E-state index is 0.274. The van der Waals surface area contributed by atoms with Crippen LogP contribution in [-0.2, 0) is 6.54 Å². The van der Waals surface area contributed by atoms with E-state index >= 15 is 0 Å². The molecule has 2 N–H and O–H groups in total. The Morgan fingerprint density at radius 2 is 2.38 bits per heavy atom. The van der Waals surface area contributed by atoms with Gasteiger partial charge in [0.2, 0.25) is 0 Å². The molecule has 2 rings (SSSR count). The molecule has 1 aromatic heterocycles. The van der Waals surface area contributed by atoms with Crippen LogP contribution in [0, 0.1) is 0 Å². The average molecular weight is 178 g/mol. The third-order valence-corrected chi connectivity index (χ3v) is 1.87. The number of para-hydroxylation sites is 1. The molecule has 0 fully saturated rings. The molecule has 4 nitrogen and oxygen atoms in total. The maximum Gasteiger partial charge on any atom is 0.394 e. The number of hydrogen-bond donors (Lipinski definition) is 1. The second-order valence-electron chi connectivity index (χ2n) is 2.65. The first-order chi connectivity index (χ1) is 6.35. The van der Waals surface area contributed by atoms with Crippen molar-refractivity contribution < 1.29 is 9.15 Å². The molecule has 0 amide bonds. The van der Waals surface area contributed by atoms with Gasteiger partial charge in [0, 0.05) is 12.1 Å². The van der Waals surface area contributed by atoms with Crippen molar-refractivity contribution in [2.45, 2.75) is 6.54 Å². The molecule has 0 radical (unpaired) electrons. The molecule has 4 heteroatoms. The average Bonchev–Trinajstić information content (AvgIpc) is 2.59. The van der Waals surface area contributed by atoms with Gasteiger partial charge in [-0.2, -0.15) is 4.98 Å². The Bertz CT molecular complexity index is 422. The van der Waals surface area contributed by atoms with Crippen LogP contribution in [0.4, 0.5) is 0 Å². The Kier molecular flexibility index (Phi) is 1.90. The van der Waals surface area contributed by atoms with Crippen LogP contribution in [0.1, 0.15) is 5.56 Å². The number of nitrogens with two attached hydrogens (primary N) is 1. The summed E-state index contributed by atoms with van der Waals surface area (Å²) in [6.45, 7) is 0.440. The van der Waals surface area contributed by atoms with Crippen LogP contribution in [-0.4, -0.2) is 12.1 Å². The molecule has 68 valence electrons. The number of rotatable bonds is 2. The second kappa shape index (κ2) is 3.06. The van der Waals surface area contributed by atoms with Crippen molar-refractivity contribution >= 4 is 11.1 Å². The van der Waals surface area contributed by atoms with E-state index in [0.717, 1.165) is 11.1 Å². The van der Waals surface area contributed by atoms with Gasteiger partial charge in [0.15, 0.2) is 5.58 Å². The largest absolute Gasteiger partial charge is 0.453 e. The fourth-order valence-corrected chi connectivity index (χ4v) is 1.23. The molecule has 0 bridgehead atoms. The summed E-state index contributed by atoms with van der Waals surface area (Å²) in [6.07, 6.45) is 0.274. The first-order valence-electron chi connectivity index (χ1n) is 3.97. The van der Waals surface area contributed by atoms with Gasteiger partial charge in [-0.05, 0) is 6.07 Å². The summed E-state index contributed by atoms with van der Waals surface area (Å²) in [5.74, 6) is 0. The zero-order chi connectivity index (χ0) is 9.26. The van der Waals surface area contributed by atoms with Gasteiger partial charge in [0.05, 0.1) is 7.11 Å². The summed E-state index contributed by atoms with van der Waals surface area (Å²) in [7, 11) is 1.52. The van der Waals surface area contributed by atoms with E-state index in [9.17, 15) is 0 Å². The summed E-state index contributed by atoms with van der Waals surface area (Å²) in [4.78, 5) is 4.10. The molecule has 13 heavy (non-hydrogen) atoms. The van der Waals surface area contributed by atoms with Crippen LogP contribution in [0.25, 0.3) is 11.1 Å². The summed E-state index contributed by atoms with van der Waals surface area (Å²) >= 11 is 0. The van der Waals surface area contributed by atoms with E-state index in [2.05, 4.69) is 4.98 Å². The van der Waals surface area contributed by atoms with E-state index in [0.29, 0.717) is 12.1 Å². The van der Waals surface area contributed by atoms with Crippen LogP contribution in [0.5, 0.6) is 6.08 Å². The minimum atomic E-state index is 0.274. The third-order valence-electron chi connectivity index (χ3n) is 1.87. The number of methoxy groups -OCH3 is 1. The van der Waals surface area contributed by atoms with Crippen LogP contribution >= 0.6 is 0 Å². The Morgan fingerprint density at radius 1 is 1.54 bits per heavy atom. The standard InChI is InChI=1S/C9H10N2O2/c1-12-9-11-7-4-2-3-6(5-10)8(7)13-9/h2-4H,5,10H2,1H3. The predicted molar refractivity (Wildman–Crippen MR) is 48.5 cm³/mol. The van der Waals surface area contributed by atoms with Crippen molar-refractivity contribution in [3.8, 4) is 6.08 Å². The van der Waals surface area contributed by atoms with Gasteiger partial charge in [-0.15, -0.1) is 0 Å². The van der Waals surface area contributed by atoms with Crippen molar-refractivity contribution in [3.63, 3.8) is 0 Å². The number of fused-ring (bicyclic) bond motifs is 1. The highest BCUT2D eigenvalue weighted by Crippen LogP contribution is 2.23. The maximum atomic E-state index is 5.54. The van der Waals surface area contributed by atoms with Gasteiger partial charge in [-0.25, -0.2) is 0 Å². The molecule has 0 aliphatic carbocycles. The number of nitrogens with zero attached hydrogens (tertiary/aromatic N) is 1. The highest BCUT2D eigenvalue weighted by molar-refractivity contribution is 5.76. The molecular formula is C9H10N2O2. The molecule has 0 saturated heterocycles. The zero-order valence-corrected chi connectivity index (χ0v) is 7.28. The van der Waals surface area contributed by atoms with Crippen molar-refractivity contribution in [2.75, 3.05) is 7.11 Å². The van der Waals surface area contributed by atoms with Crippen molar-refractivity contribution in [1.29, 1.82) is 0 Å². The molecule has 0 atom stereocenters. The number of ether oxygens (including phenoxy) is 1. The lowest BCUT2D eigenvalue weighted by Crippen LogP contribution is -1.95. The lowest BCUT2D eigenvalue weighted by atomic mass is 10.2. The van der Waals surface area contributed by atoms with Crippen LogP contribution < -0.4 is 10.5 Å². The lowest BCUT2D eigenvalue weighted by molar-refractivity contribution is 0.299. The third kappa shape index (κ3) is 1.25. The fraction of sp³-hybridized carbons (Fsp3) is 0.222. The van der Waals surface area contributed by atoms with Crippen LogP contribution in [0.3, 0.4) is 0 Å². The molecule has 0 aliphatic heterocycles. The van der Waals surface area contributed by atoms with E-state index < -0.39 is 0 Å². The number of benzene rings is 1. The Morgan fingerprint density at radius 3 is 3.08 bits per heavy atom. The molecule has 0 aliphatic rings. The molecule has 1 heterocycles. The van der Waals surface area contributed by atoms with E-state index in [-0.39, 0.29) is 6.08 Å². The fourth-order valence-electron chi connectivity index (χ4n) is 1.23. The SMILES string of the molecule is COc1nc2cccc(CN)c2o1. The normalized spacial score (nSPS) is 10.6. The summed E-state index contributed by atoms with van der Waals surface area (Å²) in [6, 6.07) is 5.67. The van der Waals surface area contributed by atoms with Crippen molar-refractivity contribution in [2.24, 2.45) is 5.73 Å². The second-order valence-corrected chi connectivity index (χ2v) is 2.65. The van der Waals surface area contributed by atoms with Crippen molar-refractivity contribution in [3.05, 3.63) is 23.8 Å². The van der Waals surface area contributed by atoms with Gasteiger partial charge in [-0.3, -0.25) is 0 Å². The number of hydrogen-bond acceptors (Lipinski definition) is 4. The molecule has 2 aromatic rings. The summed E-state index contributed by atoms with van der Waals surface area (Å²) < 4.78 is 10.2. The van der Waals surface area contributed by atoms with E-state index in [1.165, 1.54) is 7.11 Å². The maximum absolute atomic E-state index is 5.54. The predicted octanol–water partition coefficient (Wildman–Crippen LogP) is 1.30. The molecule has 1 aromatic carbocycles. The van der Waals surface area contributed by atoms with Crippen molar-refractivity contribution in [1.82, 2.24) is 4.98 Å².